The Morgan fingerprint density at radius 3 is 2.84 bits per heavy atom. The Balaban J connectivity index is 1.98. The van der Waals surface area contributed by atoms with Gasteiger partial charge in [0, 0.05) is 29.2 Å². The summed E-state index contributed by atoms with van der Waals surface area (Å²) in [6.45, 7) is 2.55. The minimum atomic E-state index is -0.0620. The number of hydrogen-bond acceptors (Lipinski definition) is 3. The van der Waals surface area contributed by atoms with Crippen molar-refractivity contribution in [3.05, 3.63) is 53.3 Å². The van der Waals surface area contributed by atoms with Crippen molar-refractivity contribution in [2.45, 2.75) is 13.3 Å². The van der Waals surface area contributed by atoms with Gasteiger partial charge in [-0.05, 0) is 37.6 Å². The number of hydrogen-bond donors (Lipinski definition) is 1. The smallest absolute Gasteiger partial charge is 0.276 e. The molecule has 0 fully saturated rings. The quantitative estimate of drug-likeness (QED) is 0.792. The molecule has 0 spiro atoms. The van der Waals surface area contributed by atoms with Gasteiger partial charge in [0.1, 0.15) is 5.69 Å². The number of aromatic nitrogens is 1. The molecule has 1 amide bonds. The Morgan fingerprint density at radius 1 is 1.26 bits per heavy atom. The summed E-state index contributed by atoms with van der Waals surface area (Å²) < 4.78 is 0. The minimum Gasteiger partial charge on any atom is -0.398 e. The highest BCUT2D eigenvalue weighted by atomic mass is 16.2. The number of amides is 1. The van der Waals surface area contributed by atoms with Crippen molar-refractivity contribution in [2.24, 2.45) is 0 Å². The van der Waals surface area contributed by atoms with Gasteiger partial charge in [-0.15, -0.1) is 0 Å². The third-order valence-corrected chi connectivity index (χ3v) is 3.42. The number of benzene rings is 1. The number of carbonyl (C=O) groups excluding carboxylic acids is 1. The number of nitrogens with zero attached hydrogens (tertiary/aromatic N) is 2. The number of fused-ring (bicyclic) bond motifs is 1. The lowest BCUT2D eigenvalue weighted by atomic mass is 10.1. The predicted octanol–water partition coefficient (Wildman–Crippen LogP) is 2.18. The van der Waals surface area contributed by atoms with Gasteiger partial charge in [0.15, 0.2) is 0 Å². The summed E-state index contributed by atoms with van der Waals surface area (Å²) >= 11 is 0. The van der Waals surface area contributed by atoms with Crippen molar-refractivity contribution >= 4 is 17.3 Å². The van der Waals surface area contributed by atoms with Gasteiger partial charge in [-0.1, -0.05) is 12.1 Å². The van der Waals surface area contributed by atoms with E-state index in [1.54, 1.807) is 11.0 Å². The average molecular weight is 253 g/mol. The monoisotopic (exact) mass is 253 g/mol. The molecule has 4 nitrogen and oxygen atoms in total. The van der Waals surface area contributed by atoms with Gasteiger partial charge in [-0.2, -0.15) is 0 Å². The number of nitrogens with two attached hydrogens (primary N) is 1. The highest BCUT2D eigenvalue weighted by Gasteiger charge is 2.27. The maximum atomic E-state index is 12.5. The van der Waals surface area contributed by atoms with Crippen LogP contribution in [0.2, 0.25) is 0 Å². The molecular weight excluding hydrogens is 238 g/mol. The summed E-state index contributed by atoms with van der Waals surface area (Å²) in [4.78, 5) is 18.5. The summed E-state index contributed by atoms with van der Waals surface area (Å²) in [5.74, 6) is -0.0620. The Morgan fingerprint density at radius 2 is 2.05 bits per heavy atom. The lowest BCUT2D eigenvalue weighted by molar-refractivity contribution is 0.0984. The van der Waals surface area contributed by atoms with Gasteiger partial charge in [0.2, 0.25) is 0 Å². The van der Waals surface area contributed by atoms with Crippen molar-refractivity contribution in [1.29, 1.82) is 0 Å². The molecule has 0 bridgehead atoms. The molecule has 0 saturated carbocycles. The highest BCUT2D eigenvalue weighted by Crippen LogP contribution is 2.32. The van der Waals surface area contributed by atoms with Crippen LogP contribution in [0.5, 0.6) is 0 Å². The van der Waals surface area contributed by atoms with Gasteiger partial charge >= 0.3 is 0 Å². The summed E-state index contributed by atoms with van der Waals surface area (Å²) in [7, 11) is 0. The first-order valence-corrected chi connectivity index (χ1v) is 6.30. The zero-order valence-corrected chi connectivity index (χ0v) is 10.8. The largest absolute Gasteiger partial charge is 0.398 e. The van der Waals surface area contributed by atoms with E-state index in [0.717, 1.165) is 29.1 Å². The van der Waals surface area contributed by atoms with Crippen molar-refractivity contribution in [3.8, 4) is 0 Å². The minimum absolute atomic E-state index is 0.0620. The summed E-state index contributed by atoms with van der Waals surface area (Å²) in [6, 6.07) is 11.2. The van der Waals surface area contributed by atoms with Crippen LogP contribution in [0.3, 0.4) is 0 Å². The normalized spacial score (nSPS) is 13.4. The van der Waals surface area contributed by atoms with Crippen LogP contribution in [0.15, 0.2) is 36.4 Å². The van der Waals surface area contributed by atoms with Gasteiger partial charge < -0.3 is 10.6 Å². The zero-order chi connectivity index (χ0) is 13.4. The number of rotatable bonds is 1. The molecule has 1 aliphatic rings. The second kappa shape index (κ2) is 4.39. The number of carbonyl (C=O) groups is 1. The average Bonchev–Trinajstić information content (AvgIpc) is 2.83. The van der Waals surface area contributed by atoms with Crippen LogP contribution in [0.4, 0.5) is 11.4 Å². The first kappa shape index (κ1) is 11.7. The lowest BCUT2D eigenvalue weighted by Crippen LogP contribution is -2.29. The van der Waals surface area contributed by atoms with Crippen LogP contribution in [-0.2, 0) is 6.42 Å². The van der Waals surface area contributed by atoms with E-state index in [4.69, 9.17) is 5.73 Å². The van der Waals surface area contributed by atoms with Gasteiger partial charge in [0.05, 0.1) is 0 Å². The van der Waals surface area contributed by atoms with Crippen LogP contribution < -0.4 is 10.6 Å². The number of pyridine rings is 1. The zero-order valence-electron chi connectivity index (χ0n) is 10.8. The Hall–Kier alpha value is -2.36. The SMILES string of the molecule is Cc1cccc(C(=O)N2CCc3c(N)cccc32)n1. The third kappa shape index (κ3) is 1.95. The molecular formula is C15H15N3O. The standard InChI is InChI=1S/C15H15N3O/c1-10-4-2-6-13(17-10)15(19)18-9-8-11-12(16)5-3-7-14(11)18/h2-7H,8-9,16H2,1H3. The number of aryl methyl sites for hydroxylation is 1. The topological polar surface area (TPSA) is 59.2 Å². The van der Waals surface area contributed by atoms with Gasteiger partial charge in [0.25, 0.3) is 5.91 Å². The molecule has 19 heavy (non-hydrogen) atoms. The molecule has 0 unspecified atom stereocenters. The van der Waals surface area contributed by atoms with E-state index < -0.39 is 0 Å². The molecule has 0 aliphatic carbocycles. The number of nitrogen functional groups attached to an aromatic ring is 1. The van der Waals surface area contributed by atoms with Crippen molar-refractivity contribution in [3.63, 3.8) is 0 Å². The van der Waals surface area contributed by atoms with E-state index >= 15 is 0 Å². The van der Waals surface area contributed by atoms with Gasteiger partial charge in [-0.25, -0.2) is 4.98 Å². The van der Waals surface area contributed by atoms with E-state index in [1.165, 1.54) is 0 Å². The lowest BCUT2D eigenvalue weighted by Gasteiger charge is -2.17. The molecule has 0 saturated heterocycles. The molecule has 1 aromatic carbocycles. The predicted molar refractivity (Wildman–Crippen MR) is 75.2 cm³/mol. The van der Waals surface area contributed by atoms with Crippen molar-refractivity contribution < 1.29 is 4.79 Å². The van der Waals surface area contributed by atoms with Crippen LogP contribution >= 0.6 is 0 Å². The molecule has 4 heteroatoms. The van der Waals surface area contributed by atoms with Crippen LogP contribution in [0.25, 0.3) is 0 Å². The fourth-order valence-electron chi connectivity index (χ4n) is 2.47. The summed E-state index contributed by atoms with van der Waals surface area (Å²) in [5.41, 5.74) is 9.99. The molecule has 0 radical (unpaired) electrons. The summed E-state index contributed by atoms with van der Waals surface area (Å²) in [5, 5.41) is 0. The second-order valence-electron chi connectivity index (χ2n) is 4.72. The Labute approximate surface area is 111 Å². The first-order valence-electron chi connectivity index (χ1n) is 6.30. The van der Waals surface area contributed by atoms with E-state index in [-0.39, 0.29) is 5.91 Å². The van der Waals surface area contributed by atoms with Gasteiger partial charge in [-0.3, -0.25) is 4.79 Å². The van der Waals surface area contributed by atoms with Crippen molar-refractivity contribution in [2.75, 3.05) is 17.2 Å². The van der Waals surface area contributed by atoms with E-state index in [0.29, 0.717) is 12.2 Å². The Bertz CT molecular complexity index is 652. The molecule has 96 valence electrons. The van der Waals surface area contributed by atoms with E-state index in [9.17, 15) is 4.79 Å². The Kier molecular flexibility index (Phi) is 2.71. The van der Waals surface area contributed by atoms with Crippen LogP contribution in [0, 0.1) is 6.92 Å². The van der Waals surface area contributed by atoms with E-state index in [1.807, 2.05) is 37.3 Å². The molecule has 2 N–H and O–H groups in total. The van der Waals surface area contributed by atoms with Crippen LogP contribution in [0.1, 0.15) is 21.7 Å². The molecule has 1 aromatic heterocycles. The fourth-order valence-corrected chi connectivity index (χ4v) is 2.47. The second-order valence-corrected chi connectivity index (χ2v) is 4.72. The molecule has 3 rings (SSSR count). The molecule has 0 atom stereocenters. The van der Waals surface area contributed by atoms with Crippen LogP contribution in [-0.4, -0.2) is 17.4 Å². The van der Waals surface area contributed by atoms with E-state index in [2.05, 4.69) is 4.98 Å². The maximum Gasteiger partial charge on any atom is 0.276 e. The third-order valence-electron chi connectivity index (χ3n) is 3.42. The molecule has 1 aliphatic heterocycles. The maximum absolute atomic E-state index is 12.5. The molecule has 2 heterocycles. The number of anilines is 2. The molecule has 2 aromatic rings. The first-order chi connectivity index (χ1) is 9.16. The summed E-state index contributed by atoms with van der Waals surface area (Å²) in [6.07, 6.45) is 0.805. The fraction of sp³-hybridized carbons (Fsp3) is 0.200. The highest BCUT2D eigenvalue weighted by molar-refractivity contribution is 6.06. The van der Waals surface area contributed by atoms with Crippen molar-refractivity contribution in [1.82, 2.24) is 4.98 Å².